The molecule has 0 fully saturated rings. The van der Waals surface area contributed by atoms with Crippen molar-refractivity contribution in [2.45, 2.75) is 18.9 Å². The van der Waals surface area contributed by atoms with Crippen LogP contribution in [0.4, 0.5) is 5.69 Å². The average Bonchev–Trinajstić information content (AvgIpc) is 3.31. The Hall–Kier alpha value is -4.13. The second-order valence-corrected chi connectivity index (χ2v) is 7.71. The fourth-order valence-corrected chi connectivity index (χ4v) is 3.64. The molecule has 1 unspecified atom stereocenters. The molecular weight excluding hydrogens is 418 g/mol. The molecule has 0 aliphatic carbocycles. The van der Waals surface area contributed by atoms with E-state index in [9.17, 15) is 9.59 Å². The molecule has 7 nitrogen and oxygen atoms in total. The van der Waals surface area contributed by atoms with Gasteiger partial charge >= 0.3 is 0 Å². The van der Waals surface area contributed by atoms with Gasteiger partial charge in [-0.05, 0) is 35.4 Å². The number of likely N-dealkylation sites (N-methyl/N-ethyl adjacent to an activating group) is 1. The molecule has 1 aliphatic heterocycles. The topological polar surface area (TPSA) is 80.8 Å². The highest BCUT2D eigenvalue weighted by Gasteiger charge is 2.26. The molecule has 0 spiro atoms. The minimum absolute atomic E-state index is 0.0635. The average molecular weight is 444 g/mol. The second kappa shape index (κ2) is 9.99. The van der Waals surface area contributed by atoms with E-state index >= 15 is 0 Å². The van der Waals surface area contributed by atoms with Crippen LogP contribution < -0.4 is 19.7 Å². The lowest BCUT2D eigenvalue weighted by molar-refractivity contribution is -0.127. The minimum Gasteiger partial charge on any atom is -0.454 e. The molecule has 1 aliphatic rings. The molecule has 0 bridgehead atoms. The standard InChI is InChI=1S/C26H25N3O4/c1-3-18-11-12-27-20(13-18)15-25(30)28-22(14-19-7-5-4-6-8-19)26(31)29(2)21-9-10-23-24(16-21)33-17-32-23/h3-13,16,22H,1,14-15,17H2,2H3,(H,28,30). The summed E-state index contributed by atoms with van der Waals surface area (Å²) in [6.45, 7) is 3.90. The summed E-state index contributed by atoms with van der Waals surface area (Å²) in [4.78, 5) is 32.1. The maximum absolute atomic E-state index is 13.4. The van der Waals surface area contributed by atoms with Gasteiger partial charge in [0.25, 0.3) is 0 Å². The number of anilines is 1. The third-order valence-electron chi connectivity index (χ3n) is 5.41. The van der Waals surface area contributed by atoms with E-state index in [-0.39, 0.29) is 25.0 Å². The number of aromatic nitrogens is 1. The van der Waals surface area contributed by atoms with E-state index in [4.69, 9.17) is 9.47 Å². The van der Waals surface area contributed by atoms with Gasteiger partial charge in [0.2, 0.25) is 18.6 Å². The highest BCUT2D eigenvalue weighted by molar-refractivity contribution is 5.99. The summed E-state index contributed by atoms with van der Waals surface area (Å²) in [7, 11) is 1.68. The zero-order valence-corrected chi connectivity index (χ0v) is 18.4. The Morgan fingerprint density at radius 3 is 2.70 bits per heavy atom. The zero-order chi connectivity index (χ0) is 23.2. The van der Waals surface area contributed by atoms with E-state index in [1.807, 2.05) is 36.4 Å². The third-order valence-corrected chi connectivity index (χ3v) is 5.41. The van der Waals surface area contributed by atoms with Gasteiger partial charge in [0, 0.05) is 31.4 Å². The van der Waals surface area contributed by atoms with Crippen molar-refractivity contribution in [2.75, 3.05) is 18.7 Å². The molecule has 7 heteroatoms. The number of nitrogens with one attached hydrogen (secondary N) is 1. The SMILES string of the molecule is C=Cc1ccnc(CC(=O)NC(Cc2ccccc2)C(=O)N(C)c2ccc3c(c2)OCO3)c1. The number of fused-ring (bicyclic) bond motifs is 1. The number of ether oxygens (including phenoxy) is 2. The van der Waals surface area contributed by atoms with Crippen molar-refractivity contribution < 1.29 is 19.1 Å². The summed E-state index contributed by atoms with van der Waals surface area (Å²) in [6, 6.07) is 17.8. The second-order valence-electron chi connectivity index (χ2n) is 7.71. The first kappa shape index (κ1) is 22.1. The molecule has 2 heterocycles. The van der Waals surface area contributed by atoms with Gasteiger partial charge < -0.3 is 19.7 Å². The van der Waals surface area contributed by atoms with Gasteiger partial charge in [0.05, 0.1) is 12.1 Å². The third kappa shape index (κ3) is 5.38. The fourth-order valence-electron chi connectivity index (χ4n) is 3.64. The van der Waals surface area contributed by atoms with Crippen LogP contribution in [-0.2, 0) is 22.4 Å². The van der Waals surface area contributed by atoms with E-state index in [0.29, 0.717) is 29.3 Å². The van der Waals surface area contributed by atoms with Gasteiger partial charge in [-0.2, -0.15) is 0 Å². The van der Waals surface area contributed by atoms with Crippen molar-refractivity contribution in [3.63, 3.8) is 0 Å². The number of rotatable bonds is 8. The molecule has 1 atom stereocenters. The molecule has 3 aromatic rings. The van der Waals surface area contributed by atoms with E-state index in [2.05, 4.69) is 16.9 Å². The molecule has 1 aromatic heterocycles. The highest BCUT2D eigenvalue weighted by atomic mass is 16.7. The number of benzene rings is 2. The summed E-state index contributed by atoms with van der Waals surface area (Å²) in [6.07, 6.45) is 3.76. The molecule has 4 rings (SSSR count). The van der Waals surface area contributed by atoms with Crippen LogP contribution in [0.2, 0.25) is 0 Å². The Morgan fingerprint density at radius 1 is 1.12 bits per heavy atom. The summed E-state index contributed by atoms with van der Waals surface area (Å²) in [5.41, 5.74) is 3.09. The van der Waals surface area contributed by atoms with Crippen LogP contribution in [0, 0.1) is 0 Å². The first-order valence-corrected chi connectivity index (χ1v) is 10.6. The van der Waals surface area contributed by atoms with E-state index in [0.717, 1.165) is 11.1 Å². The van der Waals surface area contributed by atoms with Crippen LogP contribution in [0.3, 0.4) is 0 Å². The van der Waals surface area contributed by atoms with Gasteiger partial charge in [0.15, 0.2) is 11.5 Å². The van der Waals surface area contributed by atoms with Gasteiger partial charge in [-0.25, -0.2) is 0 Å². The minimum atomic E-state index is -0.752. The van der Waals surface area contributed by atoms with E-state index in [1.165, 1.54) is 4.90 Å². The normalized spacial score (nSPS) is 12.6. The lowest BCUT2D eigenvalue weighted by atomic mass is 10.0. The number of carbonyl (C=O) groups is 2. The zero-order valence-electron chi connectivity index (χ0n) is 18.4. The van der Waals surface area contributed by atoms with Crippen LogP contribution in [0.25, 0.3) is 6.08 Å². The number of hydrogen-bond donors (Lipinski definition) is 1. The highest BCUT2D eigenvalue weighted by Crippen LogP contribution is 2.35. The molecule has 168 valence electrons. The monoisotopic (exact) mass is 443 g/mol. The summed E-state index contributed by atoms with van der Waals surface area (Å²) in [5, 5.41) is 2.90. The van der Waals surface area contributed by atoms with Crippen LogP contribution in [0.15, 0.2) is 73.4 Å². The Labute approximate surface area is 192 Å². The lowest BCUT2D eigenvalue weighted by Gasteiger charge is -2.25. The largest absolute Gasteiger partial charge is 0.454 e. The number of hydrogen-bond acceptors (Lipinski definition) is 5. The van der Waals surface area contributed by atoms with Crippen molar-refractivity contribution in [3.8, 4) is 11.5 Å². The van der Waals surface area contributed by atoms with Crippen molar-refractivity contribution in [1.29, 1.82) is 0 Å². The van der Waals surface area contributed by atoms with Gasteiger partial charge in [-0.3, -0.25) is 14.6 Å². The van der Waals surface area contributed by atoms with E-state index in [1.54, 1.807) is 43.6 Å². The molecule has 2 amide bonds. The van der Waals surface area contributed by atoms with Crippen molar-refractivity contribution in [2.24, 2.45) is 0 Å². The Kier molecular flexibility index (Phi) is 6.69. The first-order valence-electron chi connectivity index (χ1n) is 10.6. The maximum atomic E-state index is 13.4. The summed E-state index contributed by atoms with van der Waals surface area (Å²) < 4.78 is 10.8. The molecule has 0 saturated heterocycles. The summed E-state index contributed by atoms with van der Waals surface area (Å²) >= 11 is 0. The molecule has 0 saturated carbocycles. The van der Waals surface area contributed by atoms with Crippen molar-refractivity contribution >= 4 is 23.6 Å². The number of amides is 2. The number of pyridine rings is 1. The molecule has 1 N–H and O–H groups in total. The van der Waals surface area contributed by atoms with Gasteiger partial charge in [0.1, 0.15) is 6.04 Å². The molecule has 33 heavy (non-hydrogen) atoms. The Morgan fingerprint density at radius 2 is 1.91 bits per heavy atom. The van der Waals surface area contributed by atoms with Gasteiger partial charge in [-0.15, -0.1) is 0 Å². The number of nitrogens with zero attached hydrogens (tertiary/aromatic N) is 2. The van der Waals surface area contributed by atoms with Gasteiger partial charge in [-0.1, -0.05) is 43.0 Å². The Balaban J connectivity index is 1.52. The van der Waals surface area contributed by atoms with Crippen molar-refractivity contribution in [3.05, 3.63) is 90.3 Å². The lowest BCUT2D eigenvalue weighted by Crippen LogP contribution is -2.49. The van der Waals surface area contributed by atoms with Crippen LogP contribution in [0.1, 0.15) is 16.8 Å². The predicted octanol–water partition coefficient (Wildman–Crippen LogP) is 3.39. The van der Waals surface area contributed by atoms with Crippen molar-refractivity contribution in [1.82, 2.24) is 10.3 Å². The van der Waals surface area contributed by atoms with Crippen LogP contribution in [-0.4, -0.2) is 36.7 Å². The Bertz CT molecular complexity index is 1160. The predicted molar refractivity (Wildman–Crippen MR) is 126 cm³/mol. The van der Waals surface area contributed by atoms with Crippen LogP contribution >= 0.6 is 0 Å². The van der Waals surface area contributed by atoms with Crippen LogP contribution in [0.5, 0.6) is 11.5 Å². The van der Waals surface area contributed by atoms with E-state index < -0.39 is 6.04 Å². The summed E-state index contributed by atoms with van der Waals surface area (Å²) in [5.74, 6) is 0.711. The maximum Gasteiger partial charge on any atom is 0.249 e. The number of carbonyl (C=O) groups excluding carboxylic acids is 2. The molecule has 0 radical (unpaired) electrons. The molecular formula is C26H25N3O4. The quantitative estimate of drug-likeness (QED) is 0.577. The molecule has 2 aromatic carbocycles. The first-order chi connectivity index (χ1) is 16.0. The fraction of sp³-hybridized carbons (Fsp3) is 0.192. The smallest absolute Gasteiger partial charge is 0.249 e.